The van der Waals surface area contributed by atoms with Crippen LogP contribution in [0.4, 0.5) is 5.95 Å². The summed E-state index contributed by atoms with van der Waals surface area (Å²) >= 11 is 0. The first kappa shape index (κ1) is 26.7. The van der Waals surface area contributed by atoms with Gasteiger partial charge in [0.2, 0.25) is 17.8 Å². The third-order valence-corrected chi connectivity index (χ3v) is 5.65. The molecule has 3 aromatic rings. The summed E-state index contributed by atoms with van der Waals surface area (Å²) in [5.41, 5.74) is 2.37. The van der Waals surface area contributed by atoms with Gasteiger partial charge in [0.25, 0.3) is 0 Å². The monoisotopic (exact) mass is 493 g/mol. The number of nitrogens with zero attached hydrogens (tertiary/aromatic N) is 4. The Hall–Kier alpha value is -3.85. The summed E-state index contributed by atoms with van der Waals surface area (Å²) < 4.78 is 12.3. The van der Waals surface area contributed by atoms with Crippen molar-refractivity contribution in [2.24, 2.45) is 5.92 Å². The summed E-state index contributed by atoms with van der Waals surface area (Å²) in [6, 6.07) is 15.0. The second-order valence-electron chi connectivity index (χ2n) is 9.01. The summed E-state index contributed by atoms with van der Waals surface area (Å²) in [7, 11) is 7.10. The molecule has 2 aromatic carbocycles. The van der Waals surface area contributed by atoms with E-state index in [9.17, 15) is 9.59 Å². The number of ether oxygens (including phenoxy) is 2. The fourth-order valence-electron chi connectivity index (χ4n) is 3.60. The van der Waals surface area contributed by atoms with Gasteiger partial charge in [-0.3, -0.25) is 19.5 Å². The van der Waals surface area contributed by atoms with Crippen LogP contribution in [0.3, 0.4) is 0 Å². The van der Waals surface area contributed by atoms with Gasteiger partial charge in [0, 0.05) is 36.5 Å². The third kappa shape index (κ3) is 6.85. The predicted octanol–water partition coefficient (Wildman–Crippen LogP) is 3.54. The highest BCUT2D eigenvalue weighted by molar-refractivity contribution is 5.94. The van der Waals surface area contributed by atoms with Crippen molar-refractivity contribution in [1.82, 2.24) is 19.4 Å². The van der Waals surface area contributed by atoms with E-state index in [4.69, 9.17) is 14.5 Å². The number of methoxy groups -OCH3 is 2. The van der Waals surface area contributed by atoms with Crippen LogP contribution in [-0.2, 0) is 9.59 Å². The molecule has 192 valence electrons. The molecule has 0 aliphatic rings. The number of anilines is 1. The van der Waals surface area contributed by atoms with Crippen molar-refractivity contribution >= 4 is 17.8 Å². The van der Waals surface area contributed by atoms with Crippen molar-refractivity contribution in [1.29, 1.82) is 0 Å². The van der Waals surface area contributed by atoms with Crippen LogP contribution in [0.25, 0.3) is 16.9 Å². The number of imidazole rings is 1. The van der Waals surface area contributed by atoms with Gasteiger partial charge in [0.1, 0.15) is 11.5 Å². The van der Waals surface area contributed by atoms with E-state index >= 15 is 0 Å². The van der Waals surface area contributed by atoms with Crippen LogP contribution in [0.2, 0.25) is 0 Å². The standard InChI is InChI=1S/C27H35N5O4/c1-19(2)26(34)31(16-15-30(3)4)18-25(33)29-27-28-24(20-7-11-22(35-5)12-8-20)17-32(27)21-9-13-23(36-6)14-10-21/h7-14,17,19H,15-16,18H2,1-6H3,(H,28,29,33). The molecule has 0 unspecified atom stereocenters. The Morgan fingerprint density at radius 3 is 2.06 bits per heavy atom. The minimum absolute atomic E-state index is 0.0573. The lowest BCUT2D eigenvalue weighted by molar-refractivity contribution is -0.137. The number of benzene rings is 2. The van der Waals surface area contributed by atoms with Crippen molar-refractivity contribution in [2.45, 2.75) is 13.8 Å². The van der Waals surface area contributed by atoms with Crippen molar-refractivity contribution in [2.75, 3.05) is 53.3 Å². The highest BCUT2D eigenvalue weighted by Gasteiger charge is 2.21. The number of aromatic nitrogens is 2. The fourth-order valence-corrected chi connectivity index (χ4v) is 3.60. The van der Waals surface area contributed by atoms with Gasteiger partial charge in [0.15, 0.2) is 0 Å². The quantitative estimate of drug-likeness (QED) is 0.440. The lowest BCUT2D eigenvalue weighted by atomic mass is 10.1. The van der Waals surface area contributed by atoms with Gasteiger partial charge in [-0.05, 0) is 62.6 Å². The van der Waals surface area contributed by atoms with E-state index in [0.29, 0.717) is 24.7 Å². The topological polar surface area (TPSA) is 88.9 Å². The number of carbonyl (C=O) groups is 2. The Morgan fingerprint density at radius 1 is 0.944 bits per heavy atom. The van der Waals surface area contributed by atoms with Gasteiger partial charge in [-0.1, -0.05) is 13.8 Å². The minimum atomic E-state index is -0.315. The molecule has 0 fully saturated rings. The summed E-state index contributed by atoms with van der Waals surface area (Å²) in [4.78, 5) is 34.1. The van der Waals surface area contributed by atoms with Gasteiger partial charge in [0.05, 0.1) is 26.5 Å². The maximum atomic E-state index is 13.1. The van der Waals surface area contributed by atoms with Crippen molar-refractivity contribution < 1.29 is 19.1 Å². The van der Waals surface area contributed by atoms with Gasteiger partial charge in [-0.25, -0.2) is 4.98 Å². The van der Waals surface area contributed by atoms with Gasteiger partial charge < -0.3 is 19.3 Å². The Labute approximate surface area is 212 Å². The van der Waals surface area contributed by atoms with E-state index in [-0.39, 0.29) is 24.3 Å². The minimum Gasteiger partial charge on any atom is -0.497 e. The Balaban J connectivity index is 1.90. The van der Waals surface area contributed by atoms with Crippen molar-refractivity contribution in [3.63, 3.8) is 0 Å². The first-order valence-corrected chi connectivity index (χ1v) is 11.8. The summed E-state index contributed by atoms with van der Waals surface area (Å²) in [5, 5.41) is 2.91. The molecule has 3 rings (SSSR count). The second-order valence-corrected chi connectivity index (χ2v) is 9.01. The number of carbonyl (C=O) groups excluding carboxylic acids is 2. The average molecular weight is 494 g/mol. The molecule has 9 nitrogen and oxygen atoms in total. The van der Waals surface area contributed by atoms with Crippen molar-refractivity contribution in [3.8, 4) is 28.4 Å². The van der Waals surface area contributed by atoms with Crippen LogP contribution in [0, 0.1) is 5.92 Å². The molecule has 0 atom stereocenters. The molecular weight excluding hydrogens is 458 g/mol. The Kier molecular flexibility index (Phi) is 9.08. The first-order valence-electron chi connectivity index (χ1n) is 11.8. The molecule has 0 aliphatic carbocycles. The highest BCUT2D eigenvalue weighted by atomic mass is 16.5. The van der Waals surface area contributed by atoms with Crippen LogP contribution in [0.1, 0.15) is 13.8 Å². The normalized spacial score (nSPS) is 11.0. The molecule has 2 amide bonds. The third-order valence-electron chi connectivity index (χ3n) is 5.65. The number of nitrogens with one attached hydrogen (secondary N) is 1. The first-order chi connectivity index (χ1) is 17.2. The van der Waals surface area contributed by atoms with E-state index in [1.807, 2.05) is 92.1 Å². The molecule has 0 radical (unpaired) electrons. The predicted molar refractivity (Wildman–Crippen MR) is 141 cm³/mol. The largest absolute Gasteiger partial charge is 0.497 e. The summed E-state index contributed by atoms with van der Waals surface area (Å²) in [5.74, 6) is 1.25. The van der Waals surface area contributed by atoms with Crippen LogP contribution in [0.15, 0.2) is 54.7 Å². The Bertz CT molecular complexity index is 1150. The molecule has 0 spiro atoms. The SMILES string of the molecule is COc1ccc(-c2cn(-c3ccc(OC)cc3)c(NC(=O)CN(CCN(C)C)C(=O)C(C)C)n2)cc1. The van der Waals surface area contributed by atoms with Crippen LogP contribution >= 0.6 is 0 Å². The molecule has 1 aromatic heterocycles. The molecule has 9 heteroatoms. The molecule has 1 heterocycles. The number of hydrogen-bond donors (Lipinski definition) is 1. The van der Waals surface area contributed by atoms with E-state index in [1.165, 1.54) is 0 Å². The van der Waals surface area contributed by atoms with Crippen LogP contribution in [-0.4, -0.2) is 79.1 Å². The molecule has 0 saturated carbocycles. The lowest BCUT2D eigenvalue weighted by Crippen LogP contribution is -2.43. The maximum Gasteiger partial charge on any atom is 0.246 e. The van der Waals surface area contributed by atoms with Gasteiger partial charge in [-0.15, -0.1) is 0 Å². The maximum absolute atomic E-state index is 13.1. The Morgan fingerprint density at radius 2 is 1.53 bits per heavy atom. The van der Waals surface area contributed by atoms with E-state index in [0.717, 1.165) is 22.7 Å². The second kappa shape index (κ2) is 12.2. The summed E-state index contributed by atoms with van der Waals surface area (Å²) in [6.07, 6.45) is 1.86. The molecule has 0 bridgehead atoms. The van der Waals surface area contributed by atoms with Gasteiger partial charge >= 0.3 is 0 Å². The number of hydrogen-bond acceptors (Lipinski definition) is 6. The molecular formula is C27H35N5O4. The van der Waals surface area contributed by atoms with E-state index in [2.05, 4.69) is 5.32 Å². The van der Waals surface area contributed by atoms with Crippen LogP contribution in [0.5, 0.6) is 11.5 Å². The smallest absolute Gasteiger partial charge is 0.246 e. The number of likely N-dealkylation sites (N-methyl/N-ethyl adjacent to an activating group) is 1. The zero-order chi connectivity index (χ0) is 26.2. The number of amides is 2. The van der Waals surface area contributed by atoms with Crippen LogP contribution < -0.4 is 14.8 Å². The van der Waals surface area contributed by atoms with Gasteiger partial charge in [-0.2, -0.15) is 0 Å². The van der Waals surface area contributed by atoms with E-state index in [1.54, 1.807) is 19.1 Å². The average Bonchev–Trinajstić information content (AvgIpc) is 3.29. The zero-order valence-electron chi connectivity index (χ0n) is 21.8. The molecule has 0 saturated heterocycles. The highest BCUT2D eigenvalue weighted by Crippen LogP contribution is 2.27. The molecule has 36 heavy (non-hydrogen) atoms. The summed E-state index contributed by atoms with van der Waals surface area (Å²) in [6.45, 7) is 4.73. The zero-order valence-corrected chi connectivity index (χ0v) is 21.8. The fraction of sp³-hybridized carbons (Fsp3) is 0.370. The number of rotatable bonds is 11. The molecule has 1 N–H and O–H groups in total. The van der Waals surface area contributed by atoms with Crippen molar-refractivity contribution in [3.05, 3.63) is 54.7 Å². The lowest BCUT2D eigenvalue weighted by Gasteiger charge is -2.25. The van der Waals surface area contributed by atoms with E-state index < -0.39 is 0 Å². The molecule has 0 aliphatic heterocycles.